The minimum Gasteiger partial charge on any atom is -0.383 e. The zero-order valence-electron chi connectivity index (χ0n) is 9.88. The normalized spacial score (nSPS) is 10.5. The number of aromatic nitrogens is 5. The Morgan fingerprint density at radius 2 is 2.24 bits per heavy atom. The highest BCUT2D eigenvalue weighted by molar-refractivity contribution is 5.53. The fraction of sp³-hybridized carbons (Fsp3) is 0.400. The predicted octanol–water partition coefficient (Wildman–Crippen LogP) is 0.591. The number of hydrogen-bond acceptors (Lipinski definition) is 6. The molecular weight excluding hydrogens is 218 g/mol. The number of hydrogen-bond donors (Lipinski definition) is 2. The standard InChI is InChI=1S/C10H15N7/c1-3-17-6-15-16-8(17)4-12-10-7(2)9(11)13-5-14-10/h5-6H,3-4H2,1-2H3,(H3,11,12,13,14). The van der Waals surface area contributed by atoms with E-state index in [0.29, 0.717) is 12.4 Å². The number of nitrogens with zero attached hydrogens (tertiary/aromatic N) is 5. The molecular formula is C10H15N7. The molecule has 0 aliphatic rings. The molecule has 2 aromatic heterocycles. The van der Waals surface area contributed by atoms with Gasteiger partial charge in [0.2, 0.25) is 0 Å². The van der Waals surface area contributed by atoms with E-state index in [2.05, 4.69) is 25.5 Å². The first-order chi connectivity index (χ1) is 8.22. The Balaban J connectivity index is 2.10. The van der Waals surface area contributed by atoms with Crippen LogP contribution in [0.3, 0.4) is 0 Å². The second-order valence-electron chi connectivity index (χ2n) is 3.62. The van der Waals surface area contributed by atoms with Gasteiger partial charge >= 0.3 is 0 Å². The summed E-state index contributed by atoms with van der Waals surface area (Å²) in [5.41, 5.74) is 6.54. The summed E-state index contributed by atoms with van der Waals surface area (Å²) in [6, 6.07) is 0. The van der Waals surface area contributed by atoms with Crippen LogP contribution in [-0.2, 0) is 13.1 Å². The molecule has 0 aliphatic heterocycles. The highest BCUT2D eigenvalue weighted by Gasteiger charge is 2.06. The molecule has 0 unspecified atom stereocenters. The van der Waals surface area contributed by atoms with Crippen LogP contribution in [-0.4, -0.2) is 24.7 Å². The first kappa shape index (κ1) is 11.3. The van der Waals surface area contributed by atoms with E-state index >= 15 is 0 Å². The van der Waals surface area contributed by atoms with Gasteiger partial charge in [-0.3, -0.25) is 0 Å². The molecule has 0 bridgehead atoms. The third kappa shape index (κ3) is 2.32. The number of rotatable bonds is 4. The maximum atomic E-state index is 5.70. The molecule has 0 saturated heterocycles. The first-order valence-corrected chi connectivity index (χ1v) is 5.40. The van der Waals surface area contributed by atoms with Crippen LogP contribution in [0.15, 0.2) is 12.7 Å². The second kappa shape index (κ2) is 4.77. The molecule has 0 amide bonds. The van der Waals surface area contributed by atoms with Crippen molar-refractivity contribution >= 4 is 11.6 Å². The topological polar surface area (TPSA) is 94.5 Å². The lowest BCUT2D eigenvalue weighted by Gasteiger charge is -2.09. The number of aryl methyl sites for hydroxylation is 1. The first-order valence-electron chi connectivity index (χ1n) is 5.40. The van der Waals surface area contributed by atoms with Crippen molar-refractivity contribution in [2.45, 2.75) is 26.9 Å². The maximum Gasteiger partial charge on any atom is 0.152 e. The van der Waals surface area contributed by atoms with Gasteiger partial charge in [-0.1, -0.05) is 0 Å². The van der Waals surface area contributed by atoms with E-state index in [-0.39, 0.29) is 0 Å². The summed E-state index contributed by atoms with van der Waals surface area (Å²) in [4.78, 5) is 8.05. The number of nitrogens with two attached hydrogens (primary N) is 1. The smallest absolute Gasteiger partial charge is 0.152 e. The van der Waals surface area contributed by atoms with Gasteiger partial charge in [0.05, 0.1) is 6.54 Å². The van der Waals surface area contributed by atoms with Gasteiger partial charge in [0.1, 0.15) is 24.3 Å². The van der Waals surface area contributed by atoms with Gasteiger partial charge in [-0.2, -0.15) is 0 Å². The van der Waals surface area contributed by atoms with E-state index in [9.17, 15) is 0 Å². The van der Waals surface area contributed by atoms with Gasteiger partial charge in [-0.25, -0.2) is 9.97 Å². The number of nitrogens with one attached hydrogen (secondary N) is 1. The molecule has 0 saturated carbocycles. The van der Waals surface area contributed by atoms with Gasteiger partial charge in [-0.15, -0.1) is 10.2 Å². The number of anilines is 2. The lowest BCUT2D eigenvalue weighted by molar-refractivity contribution is 0.707. The fourth-order valence-electron chi connectivity index (χ4n) is 1.48. The third-order valence-corrected chi connectivity index (χ3v) is 2.57. The zero-order chi connectivity index (χ0) is 12.3. The second-order valence-corrected chi connectivity index (χ2v) is 3.62. The molecule has 0 aromatic carbocycles. The van der Waals surface area contributed by atoms with Crippen molar-refractivity contribution in [3.8, 4) is 0 Å². The van der Waals surface area contributed by atoms with Gasteiger partial charge in [0.25, 0.3) is 0 Å². The highest BCUT2D eigenvalue weighted by Crippen LogP contribution is 2.15. The van der Waals surface area contributed by atoms with Crippen molar-refractivity contribution in [1.82, 2.24) is 24.7 Å². The van der Waals surface area contributed by atoms with E-state index in [0.717, 1.165) is 23.8 Å². The van der Waals surface area contributed by atoms with Crippen LogP contribution in [0.1, 0.15) is 18.3 Å². The van der Waals surface area contributed by atoms with Crippen molar-refractivity contribution in [3.63, 3.8) is 0 Å². The zero-order valence-corrected chi connectivity index (χ0v) is 9.88. The van der Waals surface area contributed by atoms with Crippen LogP contribution < -0.4 is 11.1 Å². The quantitative estimate of drug-likeness (QED) is 0.802. The Kier molecular flexibility index (Phi) is 3.17. The molecule has 0 aliphatic carbocycles. The minimum absolute atomic E-state index is 0.486. The molecule has 7 heteroatoms. The summed E-state index contributed by atoms with van der Waals surface area (Å²) in [5, 5.41) is 11.1. The molecule has 90 valence electrons. The highest BCUT2D eigenvalue weighted by atomic mass is 15.3. The van der Waals surface area contributed by atoms with E-state index < -0.39 is 0 Å². The van der Waals surface area contributed by atoms with Crippen molar-refractivity contribution < 1.29 is 0 Å². The Morgan fingerprint density at radius 1 is 1.41 bits per heavy atom. The van der Waals surface area contributed by atoms with E-state index in [4.69, 9.17) is 5.73 Å². The van der Waals surface area contributed by atoms with Crippen LogP contribution in [0, 0.1) is 6.92 Å². The Labute approximate surface area is 99.1 Å². The fourth-order valence-corrected chi connectivity index (χ4v) is 1.48. The lowest BCUT2D eigenvalue weighted by atomic mass is 10.3. The molecule has 0 spiro atoms. The maximum absolute atomic E-state index is 5.70. The van der Waals surface area contributed by atoms with Gasteiger partial charge < -0.3 is 15.6 Å². The molecule has 2 aromatic rings. The van der Waals surface area contributed by atoms with Gasteiger partial charge in [-0.05, 0) is 13.8 Å². The molecule has 7 nitrogen and oxygen atoms in total. The SMILES string of the molecule is CCn1cnnc1CNc1ncnc(N)c1C. The lowest BCUT2D eigenvalue weighted by Crippen LogP contribution is -2.10. The van der Waals surface area contributed by atoms with Crippen molar-refractivity contribution in [1.29, 1.82) is 0 Å². The minimum atomic E-state index is 0.486. The largest absolute Gasteiger partial charge is 0.383 e. The van der Waals surface area contributed by atoms with Gasteiger partial charge in [0, 0.05) is 12.1 Å². The monoisotopic (exact) mass is 233 g/mol. The van der Waals surface area contributed by atoms with E-state index in [1.807, 2.05) is 18.4 Å². The van der Waals surface area contributed by atoms with Crippen molar-refractivity contribution in [2.24, 2.45) is 0 Å². The van der Waals surface area contributed by atoms with Crippen LogP contribution >= 0.6 is 0 Å². The number of nitrogen functional groups attached to an aromatic ring is 1. The third-order valence-electron chi connectivity index (χ3n) is 2.57. The summed E-state index contributed by atoms with van der Waals surface area (Å²) in [6.45, 7) is 5.32. The summed E-state index contributed by atoms with van der Waals surface area (Å²) >= 11 is 0. The molecule has 3 N–H and O–H groups in total. The Bertz CT molecular complexity index is 505. The summed E-state index contributed by atoms with van der Waals surface area (Å²) in [6.07, 6.45) is 3.15. The van der Waals surface area contributed by atoms with Crippen LogP contribution in [0.5, 0.6) is 0 Å². The van der Waals surface area contributed by atoms with Crippen LogP contribution in [0.25, 0.3) is 0 Å². The molecule has 2 rings (SSSR count). The summed E-state index contributed by atoms with van der Waals surface area (Å²) < 4.78 is 1.97. The summed E-state index contributed by atoms with van der Waals surface area (Å²) in [5.74, 6) is 2.08. The molecule has 17 heavy (non-hydrogen) atoms. The average Bonchev–Trinajstić information content (AvgIpc) is 2.78. The average molecular weight is 233 g/mol. The molecule has 2 heterocycles. The Hall–Kier alpha value is -2.18. The Morgan fingerprint density at radius 3 is 3.00 bits per heavy atom. The van der Waals surface area contributed by atoms with E-state index in [1.54, 1.807) is 6.33 Å². The van der Waals surface area contributed by atoms with Gasteiger partial charge in [0.15, 0.2) is 5.82 Å². The summed E-state index contributed by atoms with van der Waals surface area (Å²) in [7, 11) is 0. The van der Waals surface area contributed by atoms with Crippen LogP contribution in [0.4, 0.5) is 11.6 Å². The predicted molar refractivity (Wildman–Crippen MR) is 64.2 cm³/mol. The van der Waals surface area contributed by atoms with E-state index in [1.165, 1.54) is 6.33 Å². The molecule has 0 radical (unpaired) electrons. The van der Waals surface area contributed by atoms with Crippen molar-refractivity contribution in [3.05, 3.63) is 24.0 Å². The molecule has 0 atom stereocenters. The van der Waals surface area contributed by atoms with Crippen molar-refractivity contribution in [2.75, 3.05) is 11.1 Å². The molecule has 0 fully saturated rings. The van der Waals surface area contributed by atoms with Crippen LogP contribution in [0.2, 0.25) is 0 Å².